The summed E-state index contributed by atoms with van der Waals surface area (Å²) in [6, 6.07) is 7.97. The molecule has 144 valence electrons. The van der Waals surface area contributed by atoms with Gasteiger partial charge >= 0.3 is 0 Å². The van der Waals surface area contributed by atoms with Crippen LogP contribution in [0.3, 0.4) is 0 Å². The Labute approximate surface area is 156 Å². The third-order valence-corrected chi connectivity index (χ3v) is 5.39. The predicted molar refractivity (Wildman–Crippen MR) is 101 cm³/mol. The van der Waals surface area contributed by atoms with E-state index in [9.17, 15) is 4.79 Å². The molecule has 1 amide bonds. The molecule has 1 aromatic carbocycles. The van der Waals surface area contributed by atoms with Gasteiger partial charge in [0.25, 0.3) is 5.91 Å². The lowest BCUT2D eigenvalue weighted by molar-refractivity contribution is -0.135. The number of carbonyl (C=O) groups excluding carboxylic acids is 1. The van der Waals surface area contributed by atoms with Crippen LogP contribution in [0.1, 0.15) is 39.2 Å². The highest BCUT2D eigenvalue weighted by Crippen LogP contribution is 2.34. The average Bonchev–Trinajstić information content (AvgIpc) is 2.82. The molecule has 3 rings (SSSR count). The lowest BCUT2D eigenvalue weighted by Crippen LogP contribution is -2.46. The maximum absolute atomic E-state index is 12.8. The number of benzene rings is 1. The van der Waals surface area contributed by atoms with E-state index in [-0.39, 0.29) is 23.3 Å². The summed E-state index contributed by atoms with van der Waals surface area (Å²) in [6.07, 6.45) is 1.90. The second-order valence-corrected chi connectivity index (χ2v) is 8.52. The Morgan fingerprint density at radius 1 is 1.15 bits per heavy atom. The topological polar surface area (TPSA) is 48.0 Å². The maximum Gasteiger partial charge on any atom is 0.260 e. The fraction of sp³-hybridized carbons (Fsp3) is 0.667. The van der Waals surface area contributed by atoms with E-state index in [1.807, 2.05) is 23.1 Å². The molecule has 5 heteroatoms. The van der Waals surface area contributed by atoms with E-state index in [1.54, 1.807) is 0 Å². The number of rotatable bonds is 3. The molecule has 5 nitrogen and oxygen atoms in total. The summed E-state index contributed by atoms with van der Waals surface area (Å²) in [5, 5.41) is 0. The summed E-state index contributed by atoms with van der Waals surface area (Å²) in [5.74, 6) is 0.824. The van der Waals surface area contributed by atoms with Crippen LogP contribution in [0, 0.1) is 5.41 Å². The standard InChI is InChI=1S/C21H31NO4/c1-20(2,3)17-6-4-5-7-18(17)26-14-19(23)22-10-13-25-16-21(15-22)8-11-24-12-9-21/h4-7H,8-16H2,1-3H3. The van der Waals surface area contributed by atoms with Crippen molar-refractivity contribution in [2.24, 2.45) is 5.41 Å². The van der Waals surface area contributed by atoms with Gasteiger partial charge in [-0.05, 0) is 29.9 Å². The zero-order chi connectivity index (χ0) is 18.6. The van der Waals surface area contributed by atoms with Gasteiger partial charge in [0.05, 0.1) is 13.2 Å². The Morgan fingerprint density at radius 3 is 2.62 bits per heavy atom. The van der Waals surface area contributed by atoms with Crippen molar-refractivity contribution in [3.63, 3.8) is 0 Å². The number of para-hydroxylation sites is 1. The fourth-order valence-corrected chi connectivity index (χ4v) is 3.76. The van der Waals surface area contributed by atoms with E-state index in [0.717, 1.165) is 43.9 Å². The number of carbonyl (C=O) groups is 1. The highest BCUT2D eigenvalue weighted by Gasteiger charge is 2.38. The van der Waals surface area contributed by atoms with E-state index in [0.29, 0.717) is 19.8 Å². The predicted octanol–water partition coefficient (Wildman–Crippen LogP) is 3.02. The number of nitrogens with zero attached hydrogens (tertiary/aromatic N) is 1. The van der Waals surface area contributed by atoms with Gasteiger partial charge in [-0.2, -0.15) is 0 Å². The van der Waals surface area contributed by atoms with Crippen LogP contribution in [0.25, 0.3) is 0 Å². The van der Waals surface area contributed by atoms with Crippen molar-refractivity contribution in [2.45, 2.75) is 39.0 Å². The molecule has 0 atom stereocenters. The zero-order valence-electron chi connectivity index (χ0n) is 16.3. The van der Waals surface area contributed by atoms with Crippen molar-refractivity contribution < 1.29 is 19.0 Å². The summed E-state index contributed by atoms with van der Waals surface area (Å²) in [5.41, 5.74) is 1.13. The molecule has 0 unspecified atom stereocenters. The molecule has 1 aromatic rings. The van der Waals surface area contributed by atoms with Gasteiger partial charge in [0, 0.05) is 31.7 Å². The van der Waals surface area contributed by atoms with Crippen LogP contribution in [-0.4, -0.2) is 56.9 Å². The third kappa shape index (κ3) is 4.57. The van der Waals surface area contributed by atoms with Gasteiger partial charge in [0.2, 0.25) is 0 Å². The molecular weight excluding hydrogens is 330 g/mol. The summed E-state index contributed by atoms with van der Waals surface area (Å²) >= 11 is 0. The molecule has 2 fully saturated rings. The van der Waals surface area contributed by atoms with Gasteiger partial charge in [-0.25, -0.2) is 0 Å². The summed E-state index contributed by atoms with van der Waals surface area (Å²) in [6.45, 7) is 10.7. The van der Waals surface area contributed by atoms with Crippen molar-refractivity contribution in [2.75, 3.05) is 46.1 Å². The fourth-order valence-electron chi connectivity index (χ4n) is 3.76. The molecule has 2 aliphatic heterocycles. The van der Waals surface area contributed by atoms with E-state index >= 15 is 0 Å². The van der Waals surface area contributed by atoms with Crippen LogP contribution in [0.15, 0.2) is 24.3 Å². The van der Waals surface area contributed by atoms with Gasteiger partial charge in [0.15, 0.2) is 6.61 Å². The summed E-state index contributed by atoms with van der Waals surface area (Å²) in [7, 11) is 0. The lowest BCUT2D eigenvalue weighted by atomic mass is 9.80. The molecular formula is C21H31NO4. The Morgan fingerprint density at radius 2 is 1.88 bits per heavy atom. The second kappa shape index (κ2) is 7.97. The smallest absolute Gasteiger partial charge is 0.260 e. The minimum Gasteiger partial charge on any atom is -0.483 e. The molecule has 0 radical (unpaired) electrons. The third-order valence-electron chi connectivity index (χ3n) is 5.39. The Hall–Kier alpha value is -1.59. The molecule has 2 aliphatic rings. The van der Waals surface area contributed by atoms with Crippen LogP contribution in [0.5, 0.6) is 5.75 Å². The quantitative estimate of drug-likeness (QED) is 0.830. The molecule has 0 N–H and O–H groups in total. The van der Waals surface area contributed by atoms with Gasteiger partial charge in [-0.1, -0.05) is 39.0 Å². The van der Waals surface area contributed by atoms with Crippen LogP contribution in [0.2, 0.25) is 0 Å². The van der Waals surface area contributed by atoms with Crippen molar-refractivity contribution in [3.05, 3.63) is 29.8 Å². The normalized spacial score (nSPS) is 20.7. The minimum atomic E-state index is -0.0256. The van der Waals surface area contributed by atoms with Crippen molar-refractivity contribution in [3.8, 4) is 5.75 Å². The minimum absolute atomic E-state index is 0.0256. The maximum atomic E-state index is 12.8. The largest absolute Gasteiger partial charge is 0.483 e. The van der Waals surface area contributed by atoms with E-state index in [1.165, 1.54) is 0 Å². The van der Waals surface area contributed by atoms with Crippen molar-refractivity contribution >= 4 is 5.91 Å². The Bertz CT molecular complexity index is 617. The van der Waals surface area contributed by atoms with Gasteiger partial charge in [-0.15, -0.1) is 0 Å². The summed E-state index contributed by atoms with van der Waals surface area (Å²) < 4.78 is 17.2. The molecule has 26 heavy (non-hydrogen) atoms. The second-order valence-electron chi connectivity index (χ2n) is 8.52. The monoisotopic (exact) mass is 361 g/mol. The SMILES string of the molecule is CC(C)(C)c1ccccc1OCC(=O)N1CCOCC2(CCOCC2)C1. The molecule has 2 heterocycles. The first-order valence-electron chi connectivity index (χ1n) is 9.55. The first kappa shape index (κ1) is 19.2. The van der Waals surface area contributed by atoms with Crippen LogP contribution in [0.4, 0.5) is 0 Å². The molecule has 0 aliphatic carbocycles. The van der Waals surface area contributed by atoms with E-state index < -0.39 is 0 Å². The summed E-state index contributed by atoms with van der Waals surface area (Å²) in [4.78, 5) is 14.7. The number of hydrogen-bond acceptors (Lipinski definition) is 4. The molecule has 0 saturated carbocycles. The van der Waals surface area contributed by atoms with Crippen molar-refractivity contribution in [1.29, 1.82) is 0 Å². The van der Waals surface area contributed by atoms with E-state index in [2.05, 4.69) is 26.8 Å². The Balaban J connectivity index is 1.64. The van der Waals surface area contributed by atoms with Gasteiger partial charge < -0.3 is 19.1 Å². The van der Waals surface area contributed by atoms with Gasteiger partial charge in [0.1, 0.15) is 5.75 Å². The first-order valence-corrected chi connectivity index (χ1v) is 9.55. The zero-order valence-corrected chi connectivity index (χ0v) is 16.3. The molecule has 1 spiro atoms. The number of hydrogen-bond donors (Lipinski definition) is 0. The van der Waals surface area contributed by atoms with Gasteiger partial charge in [-0.3, -0.25) is 4.79 Å². The highest BCUT2D eigenvalue weighted by molar-refractivity contribution is 5.78. The Kier molecular flexibility index (Phi) is 5.88. The van der Waals surface area contributed by atoms with Crippen LogP contribution in [-0.2, 0) is 19.7 Å². The van der Waals surface area contributed by atoms with Crippen LogP contribution < -0.4 is 4.74 Å². The van der Waals surface area contributed by atoms with E-state index in [4.69, 9.17) is 14.2 Å². The number of amides is 1. The van der Waals surface area contributed by atoms with Crippen LogP contribution >= 0.6 is 0 Å². The molecule has 0 bridgehead atoms. The highest BCUT2D eigenvalue weighted by atomic mass is 16.5. The first-order chi connectivity index (χ1) is 12.4. The average molecular weight is 361 g/mol. The van der Waals surface area contributed by atoms with Crippen molar-refractivity contribution in [1.82, 2.24) is 4.90 Å². The molecule has 0 aromatic heterocycles. The number of ether oxygens (including phenoxy) is 3. The molecule has 2 saturated heterocycles. The lowest BCUT2D eigenvalue weighted by Gasteiger charge is -2.38.